The van der Waals surface area contributed by atoms with Crippen LogP contribution in [-0.4, -0.2) is 16.1 Å². The van der Waals surface area contributed by atoms with Gasteiger partial charge in [-0.25, -0.2) is 14.2 Å². The van der Waals surface area contributed by atoms with E-state index in [1.54, 1.807) is 32.0 Å². The quantitative estimate of drug-likeness (QED) is 0.678. The fourth-order valence-corrected chi connectivity index (χ4v) is 2.96. The van der Waals surface area contributed by atoms with E-state index in [-0.39, 0.29) is 12.4 Å². The van der Waals surface area contributed by atoms with E-state index in [0.29, 0.717) is 27.0 Å². The molecule has 3 aromatic rings. The Morgan fingerprint density at radius 2 is 2.04 bits per heavy atom. The number of carbonyl (C=O) groups excluding carboxylic acids is 1. The average molecular weight is 332 g/mol. The molecule has 0 N–H and O–H groups in total. The number of nitrogens with zero attached hydrogens (tertiary/aromatic N) is 2. The molecule has 2 heterocycles. The van der Waals surface area contributed by atoms with Crippen molar-refractivity contribution in [3.05, 3.63) is 58.2 Å². The van der Waals surface area contributed by atoms with Crippen LogP contribution in [0.1, 0.15) is 26.8 Å². The van der Waals surface area contributed by atoms with E-state index in [4.69, 9.17) is 9.26 Å². The van der Waals surface area contributed by atoms with E-state index in [1.807, 2.05) is 0 Å². The number of hydrogen-bond acceptors (Lipinski definition) is 6. The highest BCUT2D eigenvalue weighted by Gasteiger charge is 2.18. The maximum Gasteiger partial charge on any atom is 0.350 e. The summed E-state index contributed by atoms with van der Waals surface area (Å²) in [6, 6.07) is 7.67. The molecule has 0 fully saturated rings. The van der Waals surface area contributed by atoms with Crippen LogP contribution in [0.3, 0.4) is 0 Å². The molecule has 0 unspecified atom stereocenters. The Balaban J connectivity index is 1.74. The fraction of sp³-hybridized carbons (Fsp3) is 0.188. The van der Waals surface area contributed by atoms with Crippen LogP contribution in [0.5, 0.6) is 0 Å². The van der Waals surface area contributed by atoms with Crippen molar-refractivity contribution >= 4 is 17.3 Å². The second-order valence-corrected chi connectivity index (χ2v) is 5.94. The predicted octanol–water partition coefficient (Wildman–Crippen LogP) is 3.91. The molecule has 0 amide bonds. The molecule has 2 aromatic heterocycles. The van der Waals surface area contributed by atoms with E-state index in [9.17, 15) is 9.18 Å². The Morgan fingerprint density at radius 1 is 1.30 bits per heavy atom. The fourth-order valence-electron chi connectivity index (χ4n) is 1.99. The van der Waals surface area contributed by atoms with Gasteiger partial charge in [0.15, 0.2) is 0 Å². The summed E-state index contributed by atoms with van der Waals surface area (Å²) in [5.74, 6) is -0.123. The van der Waals surface area contributed by atoms with E-state index >= 15 is 0 Å². The third kappa shape index (κ3) is 3.45. The standard InChI is InChI=1S/C16H13FN2O3S/c1-9-7-13(19-22-9)8-21-16(20)14-10(2)18-15(23-14)11-3-5-12(17)6-4-11/h3-7H,8H2,1-2H3. The lowest BCUT2D eigenvalue weighted by molar-refractivity contribution is 0.0469. The summed E-state index contributed by atoms with van der Waals surface area (Å²) in [5, 5.41) is 4.41. The van der Waals surface area contributed by atoms with Crippen molar-refractivity contribution in [1.82, 2.24) is 10.1 Å². The Bertz CT molecular complexity index is 839. The molecule has 5 nitrogen and oxygen atoms in total. The van der Waals surface area contributed by atoms with Crippen LogP contribution >= 0.6 is 11.3 Å². The monoisotopic (exact) mass is 332 g/mol. The number of thiazole rings is 1. The predicted molar refractivity (Wildman–Crippen MR) is 82.6 cm³/mol. The molecule has 0 radical (unpaired) electrons. The number of aromatic nitrogens is 2. The van der Waals surface area contributed by atoms with Crippen LogP contribution in [0.25, 0.3) is 10.6 Å². The van der Waals surface area contributed by atoms with Gasteiger partial charge in [-0.3, -0.25) is 0 Å². The zero-order valence-electron chi connectivity index (χ0n) is 12.5. The summed E-state index contributed by atoms with van der Waals surface area (Å²) in [6.45, 7) is 3.54. The molecule has 1 aromatic carbocycles. The summed E-state index contributed by atoms with van der Waals surface area (Å²) in [6.07, 6.45) is 0. The third-order valence-corrected chi connectivity index (χ3v) is 4.29. The highest BCUT2D eigenvalue weighted by Crippen LogP contribution is 2.28. The van der Waals surface area contributed by atoms with Crippen molar-refractivity contribution in [2.45, 2.75) is 20.5 Å². The van der Waals surface area contributed by atoms with Crippen LogP contribution in [0.15, 0.2) is 34.9 Å². The molecule has 0 atom stereocenters. The first-order valence-corrected chi connectivity index (χ1v) is 7.67. The van der Waals surface area contributed by atoms with Crippen molar-refractivity contribution in [2.24, 2.45) is 0 Å². The van der Waals surface area contributed by atoms with Gasteiger partial charge in [0.2, 0.25) is 0 Å². The van der Waals surface area contributed by atoms with Gasteiger partial charge in [-0.2, -0.15) is 0 Å². The van der Waals surface area contributed by atoms with Crippen molar-refractivity contribution < 1.29 is 18.4 Å². The van der Waals surface area contributed by atoms with Gasteiger partial charge in [0, 0.05) is 11.6 Å². The van der Waals surface area contributed by atoms with Crippen molar-refractivity contribution in [3.8, 4) is 10.6 Å². The van der Waals surface area contributed by atoms with Gasteiger partial charge in [0.1, 0.15) is 33.8 Å². The normalized spacial score (nSPS) is 10.7. The molecular formula is C16H13FN2O3S. The minimum Gasteiger partial charge on any atom is -0.455 e. The van der Waals surface area contributed by atoms with Gasteiger partial charge in [0.25, 0.3) is 0 Å². The molecule has 3 rings (SSSR count). The molecule has 7 heteroatoms. The molecule has 0 saturated carbocycles. The summed E-state index contributed by atoms with van der Waals surface area (Å²) in [7, 11) is 0. The van der Waals surface area contributed by atoms with E-state index in [1.165, 1.54) is 23.5 Å². The first-order chi connectivity index (χ1) is 11.0. The molecule has 0 aliphatic carbocycles. The molecule has 0 aliphatic heterocycles. The van der Waals surface area contributed by atoms with Gasteiger partial charge < -0.3 is 9.26 Å². The number of benzene rings is 1. The van der Waals surface area contributed by atoms with Gasteiger partial charge in [-0.1, -0.05) is 5.16 Å². The summed E-state index contributed by atoms with van der Waals surface area (Å²) in [4.78, 5) is 16.9. The van der Waals surface area contributed by atoms with Gasteiger partial charge in [-0.05, 0) is 38.1 Å². The highest BCUT2D eigenvalue weighted by molar-refractivity contribution is 7.17. The van der Waals surface area contributed by atoms with E-state index in [0.717, 1.165) is 5.56 Å². The van der Waals surface area contributed by atoms with Gasteiger partial charge >= 0.3 is 5.97 Å². The van der Waals surface area contributed by atoms with Crippen molar-refractivity contribution in [2.75, 3.05) is 0 Å². The number of hydrogen-bond donors (Lipinski definition) is 0. The summed E-state index contributed by atoms with van der Waals surface area (Å²) >= 11 is 1.21. The summed E-state index contributed by atoms with van der Waals surface area (Å²) < 4.78 is 23.1. The molecule has 0 spiro atoms. The minimum atomic E-state index is -0.464. The molecule has 118 valence electrons. The Morgan fingerprint density at radius 3 is 2.70 bits per heavy atom. The van der Waals surface area contributed by atoms with E-state index < -0.39 is 5.97 Å². The average Bonchev–Trinajstić information content (AvgIpc) is 3.11. The molecule has 23 heavy (non-hydrogen) atoms. The minimum absolute atomic E-state index is 0.0411. The number of rotatable bonds is 4. The zero-order valence-corrected chi connectivity index (χ0v) is 13.3. The van der Waals surface area contributed by atoms with Gasteiger partial charge in [-0.15, -0.1) is 11.3 Å². The lowest BCUT2D eigenvalue weighted by Crippen LogP contribution is -2.05. The lowest BCUT2D eigenvalue weighted by atomic mass is 10.2. The zero-order chi connectivity index (χ0) is 16.4. The van der Waals surface area contributed by atoms with Gasteiger partial charge in [0.05, 0.1) is 5.69 Å². The largest absolute Gasteiger partial charge is 0.455 e. The van der Waals surface area contributed by atoms with Crippen molar-refractivity contribution in [3.63, 3.8) is 0 Å². The van der Waals surface area contributed by atoms with Crippen LogP contribution in [0, 0.1) is 19.7 Å². The Kier molecular flexibility index (Phi) is 4.20. The molecule has 0 bridgehead atoms. The first kappa shape index (κ1) is 15.4. The Hall–Kier alpha value is -2.54. The van der Waals surface area contributed by atoms with Crippen LogP contribution in [0.4, 0.5) is 4.39 Å². The van der Waals surface area contributed by atoms with Crippen LogP contribution in [0.2, 0.25) is 0 Å². The number of ether oxygens (including phenoxy) is 1. The van der Waals surface area contributed by atoms with Crippen molar-refractivity contribution in [1.29, 1.82) is 0 Å². The number of esters is 1. The maximum absolute atomic E-state index is 13.0. The molecule has 0 saturated heterocycles. The second-order valence-electron chi connectivity index (χ2n) is 4.95. The van der Waals surface area contributed by atoms with Crippen LogP contribution < -0.4 is 0 Å². The number of halogens is 1. The molecular weight excluding hydrogens is 319 g/mol. The van der Waals surface area contributed by atoms with Crippen LogP contribution in [-0.2, 0) is 11.3 Å². The highest BCUT2D eigenvalue weighted by atomic mass is 32.1. The maximum atomic E-state index is 13.0. The summed E-state index contributed by atoms with van der Waals surface area (Å²) in [5.41, 5.74) is 1.89. The second kappa shape index (κ2) is 6.29. The third-order valence-electron chi connectivity index (χ3n) is 3.10. The smallest absolute Gasteiger partial charge is 0.350 e. The number of aryl methyl sites for hydroxylation is 2. The SMILES string of the molecule is Cc1cc(COC(=O)c2sc(-c3ccc(F)cc3)nc2C)no1. The lowest BCUT2D eigenvalue weighted by Gasteiger charge is -2.00. The first-order valence-electron chi connectivity index (χ1n) is 6.85. The van der Waals surface area contributed by atoms with E-state index in [2.05, 4.69) is 10.1 Å². The number of carbonyl (C=O) groups is 1. The topological polar surface area (TPSA) is 65.2 Å². The Labute approximate surface area is 135 Å². The molecule has 0 aliphatic rings.